The van der Waals surface area contributed by atoms with Gasteiger partial charge < -0.3 is 0 Å². The third-order valence-corrected chi connectivity index (χ3v) is 7.07. The third kappa shape index (κ3) is 5.18. The van der Waals surface area contributed by atoms with E-state index < -0.39 is 31.6 Å². The van der Waals surface area contributed by atoms with Gasteiger partial charge in [-0.3, -0.25) is 4.79 Å². The first-order valence-electron chi connectivity index (χ1n) is 7.26. The molecule has 0 saturated carbocycles. The highest BCUT2D eigenvalue weighted by Gasteiger charge is 2.40. The van der Waals surface area contributed by atoms with E-state index in [1.54, 1.807) is 23.6 Å². The Morgan fingerprint density at radius 1 is 1.16 bits per heavy atom. The molecule has 0 unspecified atom stereocenters. The number of thiophene rings is 1. The van der Waals surface area contributed by atoms with E-state index in [0.29, 0.717) is 5.56 Å². The standard InChI is InChI=1S/C16H16Cl3NO3S2/c1-10-5-7-12(8-6-10)14(11(2)15(21)16(17,18)19)20-25(22,23)13-4-3-9-24-13/h3-9,11,14,20H,1-2H3/t11-,14-/m0/s1. The number of ketones is 1. The van der Waals surface area contributed by atoms with E-state index in [2.05, 4.69) is 4.72 Å². The second-order valence-corrected chi connectivity index (χ2v) is 10.8. The molecule has 2 aromatic rings. The van der Waals surface area contributed by atoms with Crippen molar-refractivity contribution in [1.82, 2.24) is 4.72 Å². The van der Waals surface area contributed by atoms with E-state index in [4.69, 9.17) is 34.8 Å². The summed E-state index contributed by atoms with van der Waals surface area (Å²) < 4.78 is 25.8. The van der Waals surface area contributed by atoms with Crippen LogP contribution in [0.5, 0.6) is 0 Å². The molecule has 0 aliphatic rings. The van der Waals surface area contributed by atoms with Crippen LogP contribution in [0.2, 0.25) is 0 Å². The van der Waals surface area contributed by atoms with E-state index in [9.17, 15) is 13.2 Å². The summed E-state index contributed by atoms with van der Waals surface area (Å²) in [5.41, 5.74) is 1.62. The predicted octanol–water partition coefficient (Wildman–Crippen LogP) is 4.65. The predicted molar refractivity (Wildman–Crippen MR) is 103 cm³/mol. The van der Waals surface area contributed by atoms with Gasteiger partial charge in [0.2, 0.25) is 3.79 Å². The van der Waals surface area contributed by atoms with Gasteiger partial charge in [0.25, 0.3) is 10.0 Å². The van der Waals surface area contributed by atoms with Crippen LogP contribution in [-0.2, 0) is 14.8 Å². The molecule has 1 heterocycles. The summed E-state index contributed by atoms with van der Waals surface area (Å²) in [6.45, 7) is 3.44. The lowest BCUT2D eigenvalue weighted by Crippen LogP contribution is -2.39. The molecule has 9 heteroatoms. The van der Waals surface area contributed by atoms with Gasteiger partial charge in [0, 0.05) is 5.92 Å². The average Bonchev–Trinajstić information content (AvgIpc) is 3.07. The third-order valence-electron chi connectivity index (χ3n) is 3.67. The Bertz CT molecular complexity index is 829. The number of carbonyl (C=O) groups excluding carboxylic acids is 1. The van der Waals surface area contributed by atoms with Crippen LogP contribution in [0.25, 0.3) is 0 Å². The van der Waals surface area contributed by atoms with Crippen molar-refractivity contribution >= 4 is 61.9 Å². The molecule has 1 aromatic carbocycles. The van der Waals surface area contributed by atoms with E-state index in [1.807, 2.05) is 19.1 Å². The molecule has 0 amide bonds. The summed E-state index contributed by atoms with van der Waals surface area (Å²) in [6.07, 6.45) is 0. The van der Waals surface area contributed by atoms with Crippen molar-refractivity contribution < 1.29 is 13.2 Å². The van der Waals surface area contributed by atoms with Crippen LogP contribution in [0.3, 0.4) is 0 Å². The molecule has 0 bridgehead atoms. The number of carbonyl (C=O) groups is 1. The van der Waals surface area contributed by atoms with Crippen LogP contribution < -0.4 is 4.72 Å². The maximum absolute atomic E-state index is 12.6. The molecular formula is C16H16Cl3NO3S2. The monoisotopic (exact) mass is 439 g/mol. The molecular weight excluding hydrogens is 425 g/mol. The second kappa shape index (κ2) is 7.94. The molecule has 0 spiro atoms. The smallest absolute Gasteiger partial charge is 0.250 e. The van der Waals surface area contributed by atoms with E-state index in [-0.39, 0.29) is 4.21 Å². The first-order chi connectivity index (χ1) is 11.5. The fourth-order valence-electron chi connectivity index (χ4n) is 2.28. The normalized spacial score (nSPS) is 14.9. The zero-order valence-corrected chi connectivity index (χ0v) is 17.3. The second-order valence-electron chi connectivity index (χ2n) is 5.59. The van der Waals surface area contributed by atoms with Gasteiger partial charge in [0.1, 0.15) is 4.21 Å². The average molecular weight is 441 g/mol. The minimum absolute atomic E-state index is 0.151. The number of nitrogens with one attached hydrogen (secondary N) is 1. The summed E-state index contributed by atoms with van der Waals surface area (Å²) in [4.78, 5) is 12.4. The number of halogens is 3. The Balaban J connectivity index is 2.42. The van der Waals surface area contributed by atoms with Crippen molar-refractivity contribution in [3.63, 3.8) is 0 Å². The van der Waals surface area contributed by atoms with Gasteiger partial charge in [-0.2, -0.15) is 0 Å². The van der Waals surface area contributed by atoms with Crippen molar-refractivity contribution in [2.75, 3.05) is 0 Å². The summed E-state index contributed by atoms with van der Waals surface area (Å²) in [6, 6.07) is 9.41. The maximum Gasteiger partial charge on any atom is 0.250 e. The van der Waals surface area contributed by atoms with E-state index in [0.717, 1.165) is 16.9 Å². The number of hydrogen-bond acceptors (Lipinski definition) is 4. The number of sulfonamides is 1. The largest absolute Gasteiger partial charge is 0.294 e. The number of aryl methyl sites for hydroxylation is 1. The van der Waals surface area contributed by atoms with E-state index in [1.165, 1.54) is 13.0 Å². The molecule has 136 valence electrons. The van der Waals surface area contributed by atoms with Gasteiger partial charge in [-0.15, -0.1) is 11.3 Å². The van der Waals surface area contributed by atoms with Crippen LogP contribution in [0.1, 0.15) is 24.1 Å². The molecule has 0 radical (unpaired) electrons. The van der Waals surface area contributed by atoms with Crippen molar-refractivity contribution in [2.24, 2.45) is 5.92 Å². The quantitative estimate of drug-likeness (QED) is 0.665. The van der Waals surface area contributed by atoms with Gasteiger partial charge in [0.05, 0.1) is 6.04 Å². The lowest BCUT2D eigenvalue weighted by molar-refractivity contribution is -0.122. The van der Waals surface area contributed by atoms with Crippen LogP contribution >= 0.6 is 46.1 Å². The number of rotatable bonds is 6. The highest BCUT2D eigenvalue weighted by atomic mass is 35.6. The highest BCUT2D eigenvalue weighted by molar-refractivity contribution is 7.91. The Hall–Kier alpha value is -0.630. The Labute approximate surface area is 166 Å². The molecule has 0 aliphatic heterocycles. The summed E-state index contributed by atoms with van der Waals surface area (Å²) in [5.74, 6) is -1.57. The van der Waals surface area contributed by atoms with Crippen LogP contribution in [0.15, 0.2) is 46.0 Å². The Kier molecular flexibility index (Phi) is 6.57. The molecule has 1 aromatic heterocycles. The fraction of sp³-hybridized carbons (Fsp3) is 0.312. The molecule has 1 N–H and O–H groups in total. The zero-order chi connectivity index (χ0) is 18.8. The van der Waals surface area contributed by atoms with Crippen LogP contribution in [-0.4, -0.2) is 18.0 Å². The zero-order valence-electron chi connectivity index (χ0n) is 13.4. The summed E-state index contributed by atoms with van der Waals surface area (Å²) in [7, 11) is -3.81. The number of alkyl halides is 3. The van der Waals surface area contributed by atoms with Gasteiger partial charge in [-0.25, -0.2) is 13.1 Å². The Morgan fingerprint density at radius 2 is 1.76 bits per heavy atom. The summed E-state index contributed by atoms with van der Waals surface area (Å²) >= 11 is 18.2. The molecule has 0 fully saturated rings. The van der Waals surface area contributed by atoms with Gasteiger partial charge >= 0.3 is 0 Å². The molecule has 4 nitrogen and oxygen atoms in total. The van der Waals surface area contributed by atoms with Crippen LogP contribution in [0, 0.1) is 12.8 Å². The molecule has 2 rings (SSSR count). The van der Waals surface area contributed by atoms with Gasteiger partial charge in [-0.05, 0) is 23.9 Å². The van der Waals surface area contributed by atoms with Crippen molar-refractivity contribution in [2.45, 2.75) is 27.9 Å². The SMILES string of the molecule is Cc1ccc([C@@H](NS(=O)(=O)c2cccs2)[C@H](C)C(=O)C(Cl)(Cl)Cl)cc1. The minimum Gasteiger partial charge on any atom is -0.294 e. The number of benzene rings is 1. The minimum atomic E-state index is -3.81. The molecule has 0 saturated heterocycles. The van der Waals surface area contributed by atoms with Crippen molar-refractivity contribution in [3.8, 4) is 0 Å². The molecule has 2 atom stereocenters. The molecule has 0 aliphatic carbocycles. The van der Waals surface area contributed by atoms with Crippen LogP contribution in [0.4, 0.5) is 0 Å². The van der Waals surface area contributed by atoms with Crippen molar-refractivity contribution in [3.05, 3.63) is 52.9 Å². The van der Waals surface area contributed by atoms with Gasteiger partial charge in [-0.1, -0.05) is 77.6 Å². The van der Waals surface area contributed by atoms with Crippen molar-refractivity contribution in [1.29, 1.82) is 0 Å². The molecule has 25 heavy (non-hydrogen) atoms. The van der Waals surface area contributed by atoms with Gasteiger partial charge in [0.15, 0.2) is 5.78 Å². The number of hydrogen-bond donors (Lipinski definition) is 1. The Morgan fingerprint density at radius 3 is 2.24 bits per heavy atom. The fourth-order valence-corrected chi connectivity index (χ4v) is 5.11. The van der Waals surface area contributed by atoms with E-state index >= 15 is 0 Å². The highest BCUT2D eigenvalue weighted by Crippen LogP contribution is 2.35. The topological polar surface area (TPSA) is 63.2 Å². The summed E-state index contributed by atoms with van der Waals surface area (Å²) in [5, 5.41) is 1.66. The number of Topliss-reactive ketones (excluding diaryl/α,β-unsaturated/α-hetero) is 1. The first kappa shape index (κ1) is 20.7. The lowest BCUT2D eigenvalue weighted by Gasteiger charge is -2.26. The maximum atomic E-state index is 12.6. The lowest BCUT2D eigenvalue weighted by atomic mass is 9.92. The first-order valence-corrected chi connectivity index (χ1v) is 10.8.